The maximum absolute atomic E-state index is 12.1. The van der Waals surface area contributed by atoms with Crippen LogP contribution in [0.5, 0.6) is 0 Å². The molecule has 9 heteroatoms. The van der Waals surface area contributed by atoms with Crippen LogP contribution < -0.4 is 5.73 Å². The molecule has 0 aliphatic heterocycles. The van der Waals surface area contributed by atoms with Gasteiger partial charge in [-0.05, 0) is 24.6 Å². The van der Waals surface area contributed by atoms with E-state index in [2.05, 4.69) is 9.97 Å². The number of aromatic carboxylic acids is 1. The molecule has 0 atom stereocenters. The second kappa shape index (κ2) is 8.95. The van der Waals surface area contributed by atoms with Crippen molar-refractivity contribution in [3.63, 3.8) is 0 Å². The molecule has 8 nitrogen and oxygen atoms in total. The van der Waals surface area contributed by atoms with Crippen molar-refractivity contribution in [3.8, 4) is 0 Å². The molecule has 0 aliphatic rings. The van der Waals surface area contributed by atoms with Gasteiger partial charge in [0.25, 0.3) is 0 Å². The number of rotatable bonds is 8. The summed E-state index contributed by atoms with van der Waals surface area (Å²) in [5.74, 6) is -1.68. The lowest BCUT2D eigenvalue weighted by molar-refractivity contribution is -0.116. The number of nitrogen functional groups attached to an aromatic ring is 1. The zero-order chi connectivity index (χ0) is 19.1. The third kappa shape index (κ3) is 5.28. The van der Waals surface area contributed by atoms with Crippen molar-refractivity contribution in [2.75, 3.05) is 18.1 Å². The van der Waals surface area contributed by atoms with E-state index in [1.165, 1.54) is 18.3 Å². The van der Waals surface area contributed by atoms with Gasteiger partial charge < -0.3 is 15.6 Å². The molecule has 0 spiro atoms. The first kappa shape index (κ1) is 19.4. The maximum Gasteiger partial charge on any atom is 0.343 e. The Bertz CT molecular complexity index is 841. The highest BCUT2D eigenvalue weighted by molar-refractivity contribution is 7.99. The van der Waals surface area contributed by atoms with Gasteiger partial charge in [0, 0.05) is 12.6 Å². The number of hydrogen-bond donors (Lipinski definition) is 2. The fourth-order valence-corrected chi connectivity index (χ4v) is 2.73. The van der Waals surface area contributed by atoms with Crippen molar-refractivity contribution < 1.29 is 24.2 Å². The van der Waals surface area contributed by atoms with Crippen LogP contribution in [0.4, 0.5) is 5.82 Å². The monoisotopic (exact) mass is 375 g/mol. The number of nitrogens with zero attached hydrogens (tertiary/aromatic N) is 2. The van der Waals surface area contributed by atoms with Gasteiger partial charge in [-0.15, -0.1) is 0 Å². The molecule has 0 fully saturated rings. The molecule has 0 bridgehead atoms. The van der Waals surface area contributed by atoms with Gasteiger partial charge in [-0.25, -0.2) is 19.6 Å². The second-order valence-electron chi connectivity index (χ2n) is 5.18. The number of carboxylic acid groups (broad SMARTS) is 1. The number of nitrogens with two attached hydrogens (primary N) is 1. The molecular weight excluding hydrogens is 358 g/mol. The largest absolute Gasteiger partial charge is 0.478 e. The van der Waals surface area contributed by atoms with Crippen LogP contribution in [0.15, 0.2) is 35.6 Å². The molecule has 26 heavy (non-hydrogen) atoms. The first-order valence-corrected chi connectivity index (χ1v) is 8.65. The molecule has 1 aromatic heterocycles. The van der Waals surface area contributed by atoms with E-state index >= 15 is 0 Å². The molecule has 0 radical (unpaired) electrons. The van der Waals surface area contributed by atoms with Gasteiger partial charge in [0.1, 0.15) is 17.2 Å². The first-order valence-electron chi connectivity index (χ1n) is 7.67. The SMILES string of the molecule is CCOC(=O)c1cnc(SCC(=O)Cc2cccc(C(=O)O)c2)nc1N. The van der Waals surface area contributed by atoms with E-state index in [4.69, 9.17) is 15.6 Å². The maximum atomic E-state index is 12.1. The number of thioether (sulfide) groups is 1. The topological polar surface area (TPSA) is 132 Å². The Morgan fingerprint density at radius 3 is 2.73 bits per heavy atom. The smallest absolute Gasteiger partial charge is 0.343 e. The molecule has 1 heterocycles. The van der Waals surface area contributed by atoms with Gasteiger partial charge in [-0.2, -0.15) is 0 Å². The summed E-state index contributed by atoms with van der Waals surface area (Å²) in [5, 5.41) is 9.23. The van der Waals surface area contributed by atoms with E-state index in [0.29, 0.717) is 5.56 Å². The van der Waals surface area contributed by atoms with Gasteiger partial charge in [0.05, 0.1) is 17.9 Å². The lowest BCUT2D eigenvalue weighted by atomic mass is 10.1. The normalized spacial score (nSPS) is 10.3. The molecular formula is C17H17N3O5S. The van der Waals surface area contributed by atoms with Crippen molar-refractivity contribution in [2.45, 2.75) is 18.5 Å². The third-order valence-corrected chi connectivity index (χ3v) is 4.15. The number of carbonyl (C=O) groups excluding carboxylic acids is 2. The quantitative estimate of drug-likeness (QED) is 0.403. The van der Waals surface area contributed by atoms with Crippen LogP contribution in [0, 0.1) is 0 Å². The Morgan fingerprint density at radius 1 is 1.31 bits per heavy atom. The number of ketones is 1. The van der Waals surface area contributed by atoms with E-state index in [1.807, 2.05) is 0 Å². The van der Waals surface area contributed by atoms with Crippen molar-refractivity contribution in [1.29, 1.82) is 0 Å². The summed E-state index contributed by atoms with van der Waals surface area (Å²) in [4.78, 5) is 42.7. The average Bonchev–Trinajstić information content (AvgIpc) is 2.60. The lowest BCUT2D eigenvalue weighted by Gasteiger charge is -2.06. The van der Waals surface area contributed by atoms with Crippen LogP contribution in [0.2, 0.25) is 0 Å². The minimum atomic E-state index is -1.04. The Hall–Kier alpha value is -2.94. The van der Waals surface area contributed by atoms with Crippen LogP contribution in [-0.2, 0) is 16.0 Å². The Labute approximate surface area is 153 Å². The molecule has 0 amide bonds. The molecule has 0 aliphatic carbocycles. The van der Waals surface area contributed by atoms with Crippen LogP contribution >= 0.6 is 11.8 Å². The van der Waals surface area contributed by atoms with Crippen LogP contribution in [0.25, 0.3) is 0 Å². The van der Waals surface area contributed by atoms with Crippen molar-refractivity contribution in [2.24, 2.45) is 0 Å². The zero-order valence-electron chi connectivity index (χ0n) is 14.0. The standard InChI is InChI=1S/C17H17N3O5S/c1-2-25-16(24)13-8-19-17(20-14(13)18)26-9-12(21)7-10-4-3-5-11(6-10)15(22)23/h3-6,8H,2,7,9H2,1H3,(H,22,23)(H2,18,19,20). The predicted octanol–water partition coefficient (Wildman–Crippen LogP) is 1.84. The van der Waals surface area contributed by atoms with Crippen LogP contribution in [0.3, 0.4) is 0 Å². The number of aromatic nitrogens is 2. The highest BCUT2D eigenvalue weighted by Crippen LogP contribution is 2.18. The third-order valence-electron chi connectivity index (χ3n) is 3.23. The lowest BCUT2D eigenvalue weighted by Crippen LogP contribution is -2.11. The summed E-state index contributed by atoms with van der Waals surface area (Å²) < 4.78 is 4.84. The zero-order valence-corrected chi connectivity index (χ0v) is 14.8. The molecule has 136 valence electrons. The minimum absolute atomic E-state index is 0.0115. The number of anilines is 1. The Kier molecular flexibility index (Phi) is 6.67. The minimum Gasteiger partial charge on any atom is -0.478 e. The fourth-order valence-electron chi connectivity index (χ4n) is 2.05. The van der Waals surface area contributed by atoms with Gasteiger partial charge in [0.15, 0.2) is 5.16 Å². The number of Topliss-reactive ketones (excluding diaryl/α,β-unsaturated/α-hetero) is 1. The first-order chi connectivity index (χ1) is 12.4. The summed E-state index contributed by atoms with van der Waals surface area (Å²) in [7, 11) is 0. The van der Waals surface area contributed by atoms with Gasteiger partial charge >= 0.3 is 11.9 Å². The molecule has 2 aromatic rings. The number of ether oxygens (including phenoxy) is 1. The highest BCUT2D eigenvalue weighted by Gasteiger charge is 2.15. The number of esters is 1. The van der Waals surface area contributed by atoms with Crippen molar-refractivity contribution in [1.82, 2.24) is 9.97 Å². The van der Waals surface area contributed by atoms with Gasteiger partial charge in [0.2, 0.25) is 0 Å². The van der Waals surface area contributed by atoms with Gasteiger partial charge in [-0.1, -0.05) is 23.9 Å². The van der Waals surface area contributed by atoms with E-state index in [9.17, 15) is 14.4 Å². The predicted molar refractivity (Wildman–Crippen MR) is 95.2 cm³/mol. The van der Waals surface area contributed by atoms with E-state index in [-0.39, 0.29) is 46.7 Å². The summed E-state index contributed by atoms with van der Waals surface area (Å²) in [6, 6.07) is 6.22. The fraction of sp³-hybridized carbons (Fsp3) is 0.235. The van der Waals surface area contributed by atoms with E-state index in [0.717, 1.165) is 11.8 Å². The molecule has 0 saturated carbocycles. The Balaban J connectivity index is 1.95. The second-order valence-corrected chi connectivity index (χ2v) is 6.12. The van der Waals surface area contributed by atoms with Crippen LogP contribution in [-0.4, -0.2) is 45.2 Å². The highest BCUT2D eigenvalue weighted by atomic mass is 32.2. The summed E-state index contributed by atoms with van der Waals surface area (Å²) >= 11 is 1.09. The number of hydrogen-bond acceptors (Lipinski definition) is 8. The molecule has 0 saturated heterocycles. The van der Waals surface area contributed by atoms with E-state index < -0.39 is 11.9 Å². The van der Waals surface area contributed by atoms with Crippen molar-refractivity contribution in [3.05, 3.63) is 47.2 Å². The van der Waals surface area contributed by atoms with Crippen LogP contribution in [0.1, 0.15) is 33.2 Å². The molecule has 1 aromatic carbocycles. The van der Waals surface area contributed by atoms with Gasteiger partial charge in [-0.3, -0.25) is 4.79 Å². The summed E-state index contributed by atoms with van der Waals surface area (Å²) in [6.07, 6.45) is 1.37. The molecule has 0 unspecified atom stereocenters. The summed E-state index contributed by atoms with van der Waals surface area (Å²) in [5.41, 5.74) is 6.55. The van der Waals surface area contributed by atoms with Crippen molar-refractivity contribution >= 4 is 35.3 Å². The average molecular weight is 375 g/mol. The molecule has 3 N–H and O–H groups in total. The van der Waals surface area contributed by atoms with E-state index in [1.54, 1.807) is 19.1 Å². The molecule has 2 rings (SSSR count). The number of benzene rings is 1. The Morgan fingerprint density at radius 2 is 2.08 bits per heavy atom. The number of carbonyl (C=O) groups is 3. The summed E-state index contributed by atoms with van der Waals surface area (Å²) in [6.45, 7) is 1.89. The number of carboxylic acids is 1.